The van der Waals surface area contributed by atoms with Gasteiger partial charge in [-0.1, -0.05) is 34.1 Å². The first-order chi connectivity index (χ1) is 9.15. The molecule has 0 aromatic heterocycles. The van der Waals surface area contributed by atoms with Crippen LogP contribution in [0.4, 0.5) is 8.78 Å². The monoisotopic (exact) mass is 324 g/mol. The van der Waals surface area contributed by atoms with Crippen LogP contribution in [0.15, 0.2) is 36.4 Å². The highest BCUT2D eigenvalue weighted by Gasteiger charge is 2.17. The highest BCUT2D eigenvalue weighted by atomic mass is 79.9. The van der Waals surface area contributed by atoms with E-state index in [1.807, 2.05) is 18.2 Å². The van der Waals surface area contributed by atoms with Gasteiger partial charge in [0.25, 0.3) is 0 Å². The predicted molar refractivity (Wildman–Crippen MR) is 72.8 cm³/mol. The van der Waals surface area contributed by atoms with Gasteiger partial charge >= 0.3 is 0 Å². The number of alkyl halides is 1. The van der Waals surface area contributed by atoms with Gasteiger partial charge < -0.3 is 4.74 Å². The Labute approximate surface area is 118 Å². The number of hydrogen-bond donors (Lipinski definition) is 0. The zero-order valence-corrected chi connectivity index (χ0v) is 11.6. The van der Waals surface area contributed by atoms with Crippen molar-refractivity contribution in [1.29, 1.82) is 0 Å². The SMILES string of the molecule is Fc1ccc(C(Br)c2ccc3c(c2)CCO3)cc1F. The Kier molecular flexibility index (Phi) is 3.27. The molecule has 0 N–H and O–H groups in total. The Hall–Kier alpha value is -1.42. The Bertz CT molecular complexity index is 628. The third kappa shape index (κ3) is 2.37. The van der Waals surface area contributed by atoms with Gasteiger partial charge in [-0.25, -0.2) is 8.78 Å². The van der Waals surface area contributed by atoms with Crippen LogP contribution in [0.2, 0.25) is 0 Å². The van der Waals surface area contributed by atoms with Crippen LogP contribution in [0.3, 0.4) is 0 Å². The minimum Gasteiger partial charge on any atom is -0.493 e. The fourth-order valence-electron chi connectivity index (χ4n) is 2.23. The van der Waals surface area contributed by atoms with E-state index in [0.717, 1.165) is 29.4 Å². The van der Waals surface area contributed by atoms with Crippen LogP contribution in [0.5, 0.6) is 5.75 Å². The predicted octanol–water partition coefficient (Wildman–Crippen LogP) is 4.38. The second-order valence-corrected chi connectivity index (χ2v) is 5.42. The van der Waals surface area contributed by atoms with Gasteiger partial charge in [0, 0.05) is 6.42 Å². The summed E-state index contributed by atoms with van der Waals surface area (Å²) in [4.78, 5) is -0.159. The molecule has 0 radical (unpaired) electrons. The number of hydrogen-bond acceptors (Lipinski definition) is 1. The van der Waals surface area contributed by atoms with Crippen LogP contribution in [0.1, 0.15) is 21.5 Å². The smallest absolute Gasteiger partial charge is 0.159 e. The Morgan fingerprint density at radius 1 is 1.00 bits per heavy atom. The topological polar surface area (TPSA) is 9.23 Å². The lowest BCUT2D eigenvalue weighted by Crippen LogP contribution is -1.96. The maximum Gasteiger partial charge on any atom is 0.159 e. The lowest BCUT2D eigenvalue weighted by atomic mass is 10.0. The molecule has 0 spiro atoms. The minimum atomic E-state index is -0.828. The van der Waals surface area contributed by atoms with Gasteiger partial charge in [-0.2, -0.15) is 0 Å². The highest BCUT2D eigenvalue weighted by molar-refractivity contribution is 9.09. The van der Waals surface area contributed by atoms with Crippen molar-refractivity contribution in [2.45, 2.75) is 11.2 Å². The molecule has 19 heavy (non-hydrogen) atoms. The van der Waals surface area contributed by atoms with E-state index in [-0.39, 0.29) is 4.83 Å². The van der Waals surface area contributed by atoms with Gasteiger partial charge in [-0.05, 0) is 34.9 Å². The van der Waals surface area contributed by atoms with Crippen molar-refractivity contribution in [3.63, 3.8) is 0 Å². The first-order valence-corrected chi connectivity index (χ1v) is 6.91. The molecule has 4 heteroatoms. The third-order valence-corrected chi connectivity index (χ3v) is 4.30. The Balaban J connectivity index is 1.94. The molecule has 2 aromatic rings. The first kappa shape index (κ1) is 12.6. The van der Waals surface area contributed by atoms with E-state index in [4.69, 9.17) is 4.74 Å². The van der Waals surface area contributed by atoms with E-state index >= 15 is 0 Å². The van der Waals surface area contributed by atoms with Gasteiger partial charge in [-0.15, -0.1) is 0 Å². The van der Waals surface area contributed by atoms with E-state index in [9.17, 15) is 8.78 Å². The van der Waals surface area contributed by atoms with E-state index in [1.54, 1.807) is 6.07 Å². The second-order valence-electron chi connectivity index (χ2n) is 4.50. The van der Waals surface area contributed by atoms with Crippen molar-refractivity contribution in [2.75, 3.05) is 6.61 Å². The molecule has 1 unspecified atom stereocenters. The largest absolute Gasteiger partial charge is 0.493 e. The van der Waals surface area contributed by atoms with Crippen molar-refractivity contribution < 1.29 is 13.5 Å². The summed E-state index contributed by atoms with van der Waals surface area (Å²) in [5.41, 5.74) is 2.86. The van der Waals surface area contributed by atoms with Gasteiger partial charge in [0.1, 0.15) is 5.75 Å². The van der Waals surface area contributed by atoms with Crippen molar-refractivity contribution in [3.8, 4) is 5.75 Å². The summed E-state index contributed by atoms with van der Waals surface area (Å²) in [6.45, 7) is 0.705. The van der Waals surface area contributed by atoms with E-state index < -0.39 is 11.6 Å². The number of rotatable bonds is 2. The average molecular weight is 325 g/mol. The third-order valence-electron chi connectivity index (χ3n) is 3.24. The lowest BCUT2D eigenvalue weighted by Gasteiger charge is -2.12. The summed E-state index contributed by atoms with van der Waals surface area (Å²) in [5, 5.41) is 0. The van der Waals surface area contributed by atoms with Crippen LogP contribution in [-0.2, 0) is 6.42 Å². The van der Waals surface area contributed by atoms with Crippen LogP contribution in [-0.4, -0.2) is 6.61 Å². The van der Waals surface area contributed by atoms with Gasteiger partial charge in [-0.3, -0.25) is 0 Å². The summed E-state index contributed by atoms with van der Waals surface area (Å²) < 4.78 is 31.6. The van der Waals surface area contributed by atoms with Crippen LogP contribution in [0.25, 0.3) is 0 Å². The van der Waals surface area contributed by atoms with E-state index in [0.29, 0.717) is 12.2 Å². The number of halogens is 3. The molecule has 2 aromatic carbocycles. The maximum atomic E-state index is 13.3. The Morgan fingerprint density at radius 2 is 1.74 bits per heavy atom. The Morgan fingerprint density at radius 3 is 2.53 bits per heavy atom. The summed E-state index contributed by atoms with van der Waals surface area (Å²) in [6.07, 6.45) is 0.890. The minimum absolute atomic E-state index is 0.159. The molecule has 0 amide bonds. The molecule has 0 aliphatic carbocycles. The van der Waals surface area contributed by atoms with Crippen molar-refractivity contribution in [3.05, 3.63) is 64.7 Å². The van der Waals surface area contributed by atoms with Crippen molar-refractivity contribution >= 4 is 15.9 Å². The molecule has 0 bridgehead atoms. The molecule has 3 rings (SSSR count). The summed E-state index contributed by atoms with van der Waals surface area (Å²) in [5.74, 6) is -0.744. The zero-order chi connectivity index (χ0) is 13.4. The highest BCUT2D eigenvalue weighted by Crippen LogP contribution is 2.35. The van der Waals surface area contributed by atoms with Crippen LogP contribution in [0, 0.1) is 11.6 Å². The lowest BCUT2D eigenvalue weighted by molar-refractivity contribution is 0.357. The molecule has 1 atom stereocenters. The first-order valence-electron chi connectivity index (χ1n) is 6.00. The molecular formula is C15H11BrF2O. The molecular weight excluding hydrogens is 314 g/mol. The number of fused-ring (bicyclic) bond motifs is 1. The van der Waals surface area contributed by atoms with Crippen LogP contribution >= 0.6 is 15.9 Å². The fraction of sp³-hybridized carbons (Fsp3) is 0.200. The van der Waals surface area contributed by atoms with Gasteiger partial charge in [0.2, 0.25) is 0 Å². The summed E-state index contributed by atoms with van der Waals surface area (Å²) in [6, 6.07) is 9.86. The molecule has 98 valence electrons. The maximum absolute atomic E-state index is 13.3. The standard InChI is InChI=1S/C15H11BrF2O/c16-15(11-1-3-12(17)13(18)8-11)10-2-4-14-9(7-10)5-6-19-14/h1-4,7-8,15H,5-6H2. The van der Waals surface area contributed by atoms with Gasteiger partial charge in [0.15, 0.2) is 11.6 Å². The van der Waals surface area contributed by atoms with E-state index in [2.05, 4.69) is 15.9 Å². The molecule has 1 aliphatic heterocycles. The molecule has 0 saturated carbocycles. The molecule has 1 nitrogen and oxygen atoms in total. The molecule has 0 fully saturated rings. The summed E-state index contributed by atoms with van der Waals surface area (Å²) >= 11 is 3.53. The molecule has 0 saturated heterocycles. The molecule has 1 aliphatic rings. The quantitative estimate of drug-likeness (QED) is 0.745. The summed E-state index contributed by atoms with van der Waals surface area (Å²) in [7, 11) is 0. The van der Waals surface area contributed by atoms with Gasteiger partial charge in [0.05, 0.1) is 11.4 Å². The van der Waals surface area contributed by atoms with Crippen molar-refractivity contribution in [2.24, 2.45) is 0 Å². The molecule has 1 heterocycles. The van der Waals surface area contributed by atoms with Crippen molar-refractivity contribution in [1.82, 2.24) is 0 Å². The zero-order valence-electron chi connectivity index (χ0n) is 10.00. The second kappa shape index (κ2) is 4.93. The fourth-order valence-corrected chi connectivity index (χ4v) is 2.80. The number of benzene rings is 2. The van der Waals surface area contributed by atoms with E-state index in [1.165, 1.54) is 6.07 Å². The van der Waals surface area contributed by atoms with Crippen LogP contribution < -0.4 is 4.74 Å². The normalized spacial score (nSPS) is 14.9. The number of ether oxygens (including phenoxy) is 1. The average Bonchev–Trinajstić information content (AvgIpc) is 2.88.